The molecule has 2 aromatic heterocycles. The fourth-order valence-electron chi connectivity index (χ4n) is 2.49. The molecule has 94 valence electrons. The highest BCUT2D eigenvalue weighted by Gasteiger charge is 2.12. The Labute approximate surface area is 109 Å². The Kier molecular flexibility index (Phi) is 2.24. The molecule has 2 heterocycles. The second-order valence-corrected chi connectivity index (χ2v) is 4.68. The lowest BCUT2D eigenvalue weighted by Crippen LogP contribution is -1.93. The minimum absolute atomic E-state index is 0.331. The molecule has 0 atom stereocenters. The molecule has 0 bridgehead atoms. The summed E-state index contributed by atoms with van der Waals surface area (Å²) in [5.74, 6) is 0.788. The van der Waals surface area contributed by atoms with Gasteiger partial charge in [0.05, 0.1) is 12.5 Å². The fraction of sp³-hybridized carbons (Fsp3) is 0.214. The molecule has 0 fully saturated rings. The molecule has 0 radical (unpaired) electrons. The molecule has 1 N–H and O–H groups in total. The van der Waals surface area contributed by atoms with Gasteiger partial charge in [-0.15, -0.1) is 0 Å². The summed E-state index contributed by atoms with van der Waals surface area (Å²) in [5, 5.41) is 0. The molecular weight excluding hydrogens is 240 g/mol. The van der Waals surface area contributed by atoms with Gasteiger partial charge in [-0.2, -0.15) is 4.98 Å². The van der Waals surface area contributed by atoms with E-state index in [4.69, 9.17) is 4.74 Å². The van der Waals surface area contributed by atoms with Crippen molar-refractivity contribution in [2.75, 3.05) is 0 Å². The van der Waals surface area contributed by atoms with Gasteiger partial charge in [0.2, 0.25) is 0 Å². The first-order valence-electron chi connectivity index (χ1n) is 6.34. The number of benzene rings is 1. The third kappa shape index (κ3) is 1.83. The minimum Gasteiger partial charge on any atom is -0.424 e. The van der Waals surface area contributed by atoms with E-state index in [1.807, 2.05) is 6.07 Å². The summed E-state index contributed by atoms with van der Waals surface area (Å²) in [6, 6.07) is 6.52. The highest BCUT2D eigenvalue weighted by atomic mass is 16.5. The predicted octanol–water partition coefficient (Wildman–Crippen LogP) is 2.63. The van der Waals surface area contributed by atoms with Crippen LogP contribution in [0.25, 0.3) is 11.2 Å². The van der Waals surface area contributed by atoms with Crippen molar-refractivity contribution in [3.8, 4) is 11.8 Å². The van der Waals surface area contributed by atoms with Gasteiger partial charge in [0.15, 0.2) is 5.65 Å². The van der Waals surface area contributed by atoms with Crippen LogP contribution in [-0.2, 0) is 12.8 Å². The van der Waals surface area contributed by atoms with E-state index in [-0.39, 0.29) is 0 Å². The first-order chi connectivity index (χ1) is 9.38. The maximum Gasteiger partial charge on any atom is 0.324 e. The number of aryl methyl sites for hydroxylation is 2. The van der Waals surface area contributed by atoms with Crippen LogP contribution < -0.4 is 4.74 Å². The van der Waals surface area contributed by atoms with Crippen LogP contribution in [0.2, 0.25) is 0 Å². The number of H-pyrrole nitrogens is 1. The minimum atomic E-state index is 0.331. The summed E-state index contributed by atoms with van der Waals surface area (Å²) in [6.07, 6.45) is 6.81. The predicted molar refractivity (Wildman–Crippen MR) is 70.2 cm³/mol. The Morgan fingerprint density at radius 3 is 3.05 bits per heavy atom. The van der Waals surface area contributed by atoms with Gasteiger partial charge in [-0.3, -0.25) is 0 Å². The number of aromatic nitrogens is 4. The molecule has 0 aliphatic heterocycles. The number of nitrogens with zero attached hydrogens (tertiary/aromatic N) is 3. The number of hydrogen-bond acceptors (Lipinski definition) is 4. The van der Waals surface area contributed by atoms with Crippen LogP contribution >= 0.6 is 0 Å². The van der Waals surface area contributed by atoms with Crippen LogP contribution in [0.4, 0.5) is 0 Å². The SMILES string of the molecule is c1nc2nc(Oc3ccc4c(c3)CCC4)ncc2[nH]1. The summed E-state index contributed by atoms with van der Waals surface area (Å²) in [7, 11) is 0. The third-order valence-electron chi connectivity index (χ3n) is 3.43. The quantitative estimate of drug-likeness (QED) is 0.761. The molecule has 1 aromatic carbocycles. The van der Waals surface area contributed by atoms with Crippen LogP contribution in [0.3, 0.4) is 0 Å². The highest BCUT2D eigenvalue weighted by molar-refractivity contribution is 5.68. The Morgan fingerprint density at radius 2 is 2.05 bits per heavy atom. The average molecular weight is 252 g/mol. The molecular formula is C14H12N4O. The Balaban J connectivity index is 1.66. The van der Waals surface area contributed by atoms with Gasteiger partial charge in [0, 0.05) is 0 Å². The lowest BCUT2D eigenvalue weighted by atomic mass is 10.1. The van der Waals surface area contributed by atoms with E-state index in [1.54, 1.807) is 12.5 Å². The fourth-order valence-corrected chi connectivity index (χ4v) is 2.49. The lowest BCUT2D eigenvalue weighted by molar-refractivity contribution is 0.443. The second kappa shape index (κ2) is 4.05. The van der Waals surface area contributed by atoms with Crippen molar-refractivity contribution in [2.45, 2.75) is 19.3 Å². The summed E-state index contributed by atoms with van der Waals surface area (Å²) >= 11 is 0. The largest absolute Gasteiger partial charge is 0.424 e. The number of rotatable bonds is 2. The third-order valence-corrected chi connectivity index (χ3v) is 3.43. The van der Waals surface area contributed by atoms with E-state index in [0.717, 1.165) is 17.7 Å². The zero-order chi connectivity index (χ0) is 12.7. The zero-order valence-corrected chi connectivity index (χ0v) is 10.3. The molecule has 0 saturated heterocycles. The number of ether oxygens (including phenoxy) is 1. The van der Waals surface area contributed by atoms with E-state index < -0.39 is 0 Å². The molecule has 1 aliphatic rings. The van der Waals surface area contributed by atoms with Gasteiger partial charge in [-0.25, -0.2) is 9.97 Å². The van der Waals surface area contributed by atoms with Gasteiger partial charge < -0.3 is 9.72 Å². The Bertz CT molecular complexity index is 750. The summed E-state index contributed by atoms with van der Waals surface area (Å²) in [4.78, 5) is 15.5. The van der Waals surface area contributed by atoms with Gasteiger partial charge in [-0.05, 0) is 42.5 Å². The van der Waals surface area contributed by atoms with Gasteiger partial charge in [-0.1, -0.05) is 6.07 Å². The van der Waals surface area contributed by atoms with Gasteiger partial charge in [0.1, 0.15) is 11.3 Å². The number of nitrogens with one attached hydrogen (secondary N) is 1. The maximum absolute atomic E-state index is 5.70. The Morgan fingerprint density at radius 1 is 1.11 bits per heavy atom. The number of hydrogen-bond donors (Lipinski definition) is 1. The zero-order valence-electron chi connectivity index (χ0n) is 10.3. The van der Waals surface area contributed by atoms with Crippen molar-refractivity contribution in [3.05, 3.63) is 41.9 Å². The van der Waals surface area contributed by atoms with Crippen LogP contribution in [0, 0.1) is 0 Å². The van der Waals surface area contributed by atoms with Crippen molar-refractivity contribution in [3.63, 3.8) is 0 Å². The smallest absolute Gasteiger partial charge is 0.324 e. The van der Waals surface area contributed by atoms with E-state index in [2.05, 4.69) is 32.1 Å². The van der Waals surface area contributed by atoms with Crippen LogP contribution in [0.1, 0.15) is 17.5 Å². The first kappa shape index (κ1) is 10.5. The topological polar surface area (TPSA) is 63.7 Å². The van der Waals surface area contributed by atoms with Crippen molar-refractivity contribution in [1.29, 1.82) is 0 Å². The lowest BCUT2D eigenvalue weighted by Gasteiger charge is -2.05. The van der Waals surface area contributed by atoms with Crippen molar-refractivity contribution < 1.29 is 4.74 Å². The molecule has 5 heteroatoms. The molecule has 0 unspecified atom stereocenters. The standard InChI is InChI=1S/C14H12N4O/c1-2-9-4-5-11(6-10(9)3-1)19-14-15-7-12-13(18-14)17-8-16-12/h4-8H,1-3H2,(H,15,16,17,18). The molecule has 19 heavy (non-hydrogen) atoms. The van der Waals surface area contributed by atoms with E-state index in [0.29, 0.717) is 11.7 Å². The summed E-state index contributed by atoms with van der Waals surface area (Å²) in [6.45, 7) is 0. The summed E-state index contributed by atoms with van der Waals surface area (Å²) in [5.41, 5.74) is 4.22. The molecule has 0 spiro atoms. The second-order valence-electron chi connectivity index (χ2n) is 4.68. The van der Waals surface area contributed by atoms with Crippen LogP contribution in [0.5, 0.6) is 11.8 Å². The monoisotopic (exact) mass is 252 g/mol. The summed E-state index contributed by atoms with van der Waals surface area (Å²) < 4.78 is 5.70. The van der Waals surface area contributed by atoms with Crippen molar-refractivity contribution in [1.82, 2.24) is 19.9 Å². The Hall–Kier alpha value is -2.43. The van der Waals surface area contributed by atoms with Crippen molar-refractivity contribution >= 4 is 11.2 Å². The van der Waals surface area contributed by atoms with Gasteiger partial charge >= 0.3 is 6.01 Å². The first-order valence-corrected chi connectivity index (χ1v) is 6.34. The average Bonchev–Trinajstić information content (AvgIpc) is 3.05. The van der Waals surface area contributed by atoms with Crippen LogP contribution in [0.15, 0.2) is 30.7 Å². The molecule has 3 aromatic rings. The molecule has 5 nitrogen and oxygen atoms in total. The van der Waals surface area contributed by atoms with Gasteiger partial charge in [0.25, 0.3) is 0 Å². The molecule has 0 amide bonds. The normalized spacial score (nSPS) is 13.7. The van der Waals surface area contributed by atoms with E-state index >= 15 is 0 Å². The van der Waals surface area contributed by atoms with E-state index in [9.17, 15) is 0 Å². The maximum atomic E-state index is 5.70. The van der Waals surface area contributed by atoms with Crippen molar-refractivity contribution in [2.24, 2.45) is 0 Å². The van der Waals surface area contributed by atoms with Crippen LogP contribution in [-0.4, -0.2) is 19.9 Å². The molecule has 0 saturated carbocycles. The van der Waals surface area contributed by atoms with E-state index in [1.165, 1.54) is 24.0 Å². The number of imidazole rings is 1. The highest BCUT2D eigenvalue weighted by Crippen LogP contribution is 2.27. The number of aromatic amines is 1. The molecule has 4 rings (SSSR count). The number of fused-ring (bicyclic) bond motifs is 2. The molecule has 1 aliphatic carbocycles.